The molecule has 29 heavy (non-hydrogen) atoms. The van der Waals surface area contributed by atoms with E-state index in [1.807, 2.05) is 80.6 Å². The summed E-state index contributed by atoms with van der Waals surface area (Å²) in [5.41, 5.74) is 2.49. The van der Waals surface area contributed by atoms with Crippen LogP contribution < -0.4 is 0 Å². The lowest BCUT2D eigenvalue weighted by atomic mass is 10.1. The first-order chi connectivity index (χ1) is 13.9. The zero-order chi connectivity index (χ0) is 21.0. The first-order valence-electron chi connectivity index (χ1n) is 9.27. The van der Waals surface area contributed by atoms with Gasteiger partial charge in [-0.2, -0.15) is 5.26 Å². The van der Waals surface area contributed by atoms with Crippen LogP contribution in [-0.2, 0) is 9.53 Å². The molecule has 3 nitrogen and oxygen atoms in total. The first-order valence-corrected chi connectivity index (χ1v) is 11.0. The van der Waals surface area contributed by atoms with Gasteiger partial charge in [0.1, 0.15) is 6.07 Å². The minimum Gasteiger partial charge on any atom is -0.442 e. The number of rotatable bonds is 6. The van der Waals surface area contributed by atoms with Gasteiger partial charge in [-0.1, -0.05) is 106 Å². The summed E-state index contributed by atoms with van der Waals surface area (Å²) in [6.07, 6.45) is 3.05. The number of carbonyl (C=O) groups is 1. The number of halogens is 2. The van der Waals surface area contributed by atoms with Gasteiger partial charge in [-0.3, -0.25) is 4.79 Å². The van der Waals surface area contributed by atoms with Crippen molar-refractivity contribution < 1.29 is 9.53 Å². The second-order valence-corrected chi connectivity index (χ2v) is 9.00. The Morgan fingerprint density at radius 3 is 2.41 bits per heavy atom. The summed E-state index contributed by atoms with van der Waals surface area (Å²) in [5.74, 6) is -0.570. The number of carbonyl (C=O) groups excluding carboxylic acids is 1. The minimum absolute atomic E-state index is 0.0499. The second kappa shape index (κ2) is 9.11. The highest BCUT2D eigenvalue weighted by molar-refractivity contribution is 9.14. The zero-order valence-corrected chi connectivity index (χ0v) is 19.4. The van der Waals surface area contributed by atoms with Gasteiger partial charge in [0.2, 0.25) is 6.10 Å². The molecule has 3 unspecified atom stereocenters. The topological polar surface area (TPSA) is 50.1 Å². The fraction of sp³-hybridized carbons (Fsp3) is 0.250. The van der Waals surface area contributed by atoms with E-state index < -0.39 is 6.10 Å². The van der Waals surface area contributed by atoms with Crippen LogP contribution in [0.1, 0.15) is 36.6 Å². The van der Waals surface area contributed by atoms with Crippen LogP contribution in [0.2, 0.25) is 0 Å². The van der Waals surface area contributed by atoms with Crippen molar-refractivity contribution in [3.63, 3.8) is 0 Å². The molecule has 2 aromatic carbocycles. The monoisotopic (exact) mass is 513 g/mol. The van der Waals surface area contributed by atoms with E-state index in [0.29, 0.717) is 5.56 Å². The number of allylic oxidation sites excluding steroid dienone is 1. The molecular formula is C24H21Br2NO2. The van der Waals surface area contributed by atoms with Gasteiger partial charge in [-0.05, 0) is 27.6 Å². The Kier molecular flexibility index (Phi) is 6.77. The number of benzene rings is 2. The predicted octanol–water partition coefficient (Wildman–Crippen LogP) is 6.87. The fourth-order valence-electron chi connectivity index (χ4n) is 3.60. The minimum atomic E-state index is -0.934. The van der Waals surface area contributed by atoms with E-state index in [2.05, 4.69) is 37.9 Å². The van der Waals surface area contributed by atoms with E-state index in [4.69, 9.17) is 4.74 Å². The molecular weight excluding hydrogens is 494 g/mol. The van der Waals surface area contributed by atoms with E-state index in [0.717, 1.165) is 15.6 Å². The zero-order valence-electron chi connectivity index (χ0n) is 16.2. The average Bonchev–Trinajstić information content (AvgIpc) is 3.32. The number of nitrogens with zero attached hydrogens (tertiary/aromatic N) is 1. The lowest BCUT2D eigenvalue weighted by Gasteiger charge is -2.12. The molecule has 0 spiro atoms. The molecule has 148 valence electrons. The molecule has 1 fully saturated rings. The van der Waals surface area contributed by atoms with Crippen LogP contribution in [0.5, 0.6) is 0 Å². The molecule has 0 N–H and O–H groups in total. The van der Waals surface area contributed by atoms with Gasteiger partial charge in [0.05, 0.1) is 5.92 Å². The second-order valence-electron chi connectivity index (χ2n) is 7.63. The Morgan fingerprint density at radius 2 is 1.76 bits per heavy atom. The van der Waals surface area contributed by atoms with Crippen LogP contribution in [0.25, 0.3) is 12.2 Å². The number of hydrogen-bond acceptors (Lipinski definition) is 3. The molecule has 3 rings (SSSR count). The Morgan fingerprint density at radius 1 is 1.10 bits per heavy atom. The third kappa shape index (κ3) is 4.88. The lowest BCUT2D eigenvalue weighted by Crippen LogP contribution is -2.14. The summed E-state index contributed by atoms with van der Waals surface area (Å²) < 4.78 is 6.52. The smallest absolute Gasteiger partial charge is 0.311 e. The van der Waals surface area contributed by atoms with Crippen molar-refractivity contribution in [1.82, 2.24) is 0 Å². The first kappa shape index (κ1) is 21.5. The third-order valence-corrected chi connectivity index (χ3v) is 7.14. The average molecular weight is 515 g/mol. The summed E-state index contributed by atoms with van der Waals surface area (Å²) in [4.78, 5) is 14.5. The molecule has 1 aliphatic carbocycles. The highest BCUT2D eigenvalue weighted by Crippen LogP contribution is 2.63. The molecule has 3 atom stereocenters. The van der Waals surface area contributed by atoms with Crippen molar-refractivity contribution in [3.05, 3.63) is 80.8 Å². The van der Waals surface area contributed by atoms with Gasteiger partial charge >= 0.3 is 5.97 Å². The van der Waals surface area contributed by atoms with E-state index in [1.54, 1.807) is 4.99 Å². The van der Waals surface area contributed by atoms with Crippen LogP contribution in [-0.4, -0.2) is 5.97 Å². The standard InChI is InChI=1S/C24H21Br2NO2/c1-24(2)21(19(26)14-25)22(24)23(28)29-20(15-27)18-10-6-9-17(13-18)12-11-16-7-4-3-5-8-16/h3-14,20-22H,1-2H3. The quantitative estimate of drug-likeness (QED) is 0.312. The van der Waals surface area contributed by atoms with Crippen molar-refractivity contribution in [1.29, 1.82) is 5.26 Å². The van der Waals surface area contributed by atoms with E-state index >= 15 is 0 Å². The van der Waals surface area contributed by atoms with Gasteiger partial charge in [-0.25, -0.2) is 0 Å². The Bertz CT molecular complexity index is 989. The number of ether oxygens (including phenoxy) is 1. The van der Waals surface area contributed by atoms with Gasteiger partial charge < -0.3 is 4.74 Å². The molecule has 0 aromatic heterocycles. The van der Waals surface area contributed by atoms with Crippen molar-refractivity contribution in [2.75, 3.05) is 0 Å². The molecule has 0 radical (unpaired) electrons. The lowest BCUT2D eigenvalue weighted by molar-refractivity contribution is -0.149. The predicted molar refractivity (Wildman–Crippen MR) is 123 cm³/mol. The van der Waals surface area contributed by atoms with Gasteiger partial charge in [0, 0.05) is 16.0 Å². The molecule has 0 heterocycles. The summed E-state index contributed by atoms with van der Waals surface area (Å²) >= 11 is 6.80. The Labute approximate surface area is 188 Å². The summed E-state index contributed by atoms with van der Waals surface area (Å²) in [6.45, 7) is 4.05. The van der Waals surface area contributed by atoms with Gasteiger partial charge in [-0.15, -0.1) is 0 Å². The number of hydrogen-bond donors (Lipinski definition) is 0. The van der Waals surface area contributed by atoms with E-state index in [-0.39, 0.29) is 23.2 Å². The summed E-state index contributed by atoms with van der Waals surface area (Å²) in [5, 5.41) is 9.61. The fourth-order valence-corrected chi connectivity index (χ4v) is 4.74. The third-order valence-electron chi connectivity index (χ3n) is 5.32. The van der Waals surface area contributed by atoms with Crippen LogP contribution in [0.15, 0.2) is 64.1 Å². The SMILES string of the molecule is CC1(C)C(C(=O)OC(C#N)c2cccc(C=Cc3ccccc3)c2)C1C(Br)=CBr. The molecule has 0 aliphatic heterocycles. The maximum atomic E-state index is 12.7. The summed E-state index contributed by atoms with van der Waals surface area (Å²) in [7, 11) is 0. The van der Waals surface area contributed by atoms with Crippen molar-refractivity contribution in [2.45, 2.75) is 20.0 Å². The van der Waals surface area contributed by atoms with Crippen LogP contribution in [0.4, 0.5) is 0 Å². The summed E-state index contributed by atoms with van der Waals surface area (Å²) in [6, 6.07) is 19.6. The van der Waals surface area contributed by atoms with Crippen LogP contribution in [0.3, 0.4) is 0 Å². The highest BCUT2D eigenvalue weighted by Gasteiger charge is 2.64. The maximum Gasteiger partial charge on any atom is 0.311 e. The molecule has 0 saturated heterocycles. The van der Waals surface area contributed by atoms with Crippen molar-refractivity contribution in [3.8, 4) is 6.07 Å². The molecule has 1 aliphatic rings. The number of nitriles is 1. The van der Waals surface area contributed by atoms with E-state index in [9.17, 15) is 10.1 Å². The van der Waals surface area contributed by atoms with E-state index in [1.165, 1.54) is 0 Å². The Hall–Kier alpha value is -2.16. The highest BCUT2D eigenvalue weighted by atomic mass is 79.9. The van der Waals surface area contributed by atoms with Gasteiger partial charge in [0.15, 0.2) is 0 Å². The molecule has 1 saturated carbocycles. The van der Waals surface area contributed by atoms with Crippen LogP contribution in [0, 0.1) is 28.6 Å². The molecule has 0 bridgehead atoms. The largest absolute Gasteiger partial charge is 0.442 e. The normalized spacial score (nSPS) is 21.4. The number of esters is 1. The maximum absolute atomic E-state index is 12.7. The molecule has 0 amide bonds. The molecule has 5 heteroatoms. The van der Waals surface area contributed by atoms with Gasteiger partial charge in [0.25, 0.3) is 0 Å². The molecule has 2 aromatic rings. The van der Waals surface area contributed by atoms with Crippen LogP contribution >= 0.6 is 31.9 Å². The van der Waals surface area contributed by atoms with Crippen molar-refractivity contribution >= 4 is 50.0 Å². The Balaban J connectivity index is 1.73. The van der Waals surface area contributed by atoms with Crippen molar-refractivity contribution in [2.24, 2.45) is 17.3 Å².